The maximum atomic E-state index is 11.1. The summed E-state index contributed by atoms with van der Waals surface area (Å²) in [6.45, 7) is 3.72. The number of rotatable bonds is 31. The third kappa shape index (κ3) is 26.3. The Labute approximate surface area is 245 Å². The van der Waals surface area contributed by atoms with E-state index in [1.165, 1.54) is 109 Å². The molecule has 40 heavy (non-hydrogen) atoms. The zero-order valence-corrected chi connectivity index (χ0v) is 25.8. The summed E-state index contributed by atoms with van der Waals surface area (Å²) in [6, 6.07) is 0. The lowest BCUT2D eigenvalue weighted by molar-refractivity contribution is -0.927. The Balaban J connectivity index is 3.80. The van der Waals surface area contributed by atoms with E-state index >= 15 is 0 Å². The van der Waals surface area contributed by atoms with Crippen molar-refractivity contribution < 1.29 is 34.2 Å². The summed E-state index contributed by atoms with van der Waals surface area (Å²) in [7, 11) is 0. The maximum absolute atomic E-state index is 11.1. The molecule has 0 aromatic rings. The zero-order valence-electron chi connectivity index (χ0n) is 25.8. The van der Waals surface area contributed by atoms with Gasteiger partial charge in [0.2, 0.25) is 0 Å². The van der Waals surface area contributed by atoms with Gasteiger partial charge in [-0.05, 0) is 32.1 Å². The first kappa shape index (κ1) is 38.1. The van der Waals surface area contributed by atoms with Gasteiger partial charge >= 0.3 is 17.9 Å². The second kappa shape index (κ2) is 27.3. The van der Waals surface area contributed by atoms with Gasteiger partial charge in [-0.3, -0.25) is 14.4 Å². The highest BCUT2D eigenvalue weighted by molar-refractivity contribution is 5.67. The van der Waals surface area contributed by atoms with Crippen LogP contribution in [0, 0.1) is 0 Å². The molecule has 0 fully saturated rings. The van der Waals surface area contributed by atoms with Crippen LogP contribution in [0.4, 0.5) is 0 Å². The fourth-order valence-corrected chi connectivity index (χ4v) is 5.43. The summed E-state index contributed by atoms with van der Waals surface area (Å²) >= 11 is 0. The number of hydrogen-bond acceptors (Lipinski definition) is 3. The zero-order chi connectivity index (χ0) is 29.7. The molecule has 0 aliphatic rings. The van der Waals surface area contributed by atoms with Crippen LogP contribution >= 0.6 is 0 Å². The predicted molar refractivity (Wildman–Crippen MR) is 164 cm³/mol. The fourth-order valence-electron chi connectivity index (χ4n) is 5.43. The standard InChI is InChI=1S/C33H61NO6/c1-2-3-4-5-6-7-8-9-10-11-12-13-14-15-16-17-18-19-20-21-22-23-27-34(28-24-31(35)36,29-25-32(37)38)30-26-33(39)40/h4-5H,2-3,6-30H2,1H3,(H2-,35,36,37,38,39,40)/p+1/b5-4+. The summed E-state index contributed by atoms with van der Waals surface area (Å²) in [5.74, 6) is -2.79. The average Bonchev–Trinajstić information content (AvgIpc) is 2.92. The van der Waals surface area contributed by atoms with Crippen molar-refractivity contribution >= 4 is 17.9 Å². The van der Waals surface area contributed by atoms with Crippen molar-refractivity contribution in [1.29, 1.82) is 0 Å². The van der Waals surface area contributed by atoms with Gasteiger partial charge in [-0.1, -0.05) is 115 Å². The molecule has 7 heteroatoms. The topological polar surface area (TPSA) is 112 Å². The number of allylic oxidation sites excluding steroid dienone is 2. The van der Waals surface area contributed by atoms with Crippen molar-refractivity contribution in [2.45, 2.75) is 155 Å². The lowest BCUT2D eigenvalue weighted by Gasteiger charge is -2.38. The fraction of sp³-hybridized carbons (Fsp3) is 0.848. The van der Waals surface area contributed by atoms with Crippen LogP contribution in [0.2, 0.25) is 0 Å². The quantitative estimate of drug-likeness (QED) is 0.0438. The van der Waals surface area contributed by atoms with Crippen molar-refractivity contribution in [3.05, 3.63) is 12.2 Å². The molecule has 0 aromatic heterocycles. The van der Waals surface area contributed by atoms with Gasteiger partial charge in [0.15, 0.2) is 0 Å². The van der Waals surface area contributed by atoms with E-state index in [-0.39, 0.29) is 43.4 Å². The third-order valence-corrected chi connectivity index (χ3v) is 8.03. The second-order valence-corrected chi connectivity index (χ2v) is 11.7. The van der Waals surface area contributed by atoms with Crippen LogP contribution in [0.1, 0.15) is 155 Å². The number of unbranched alkanes of at least 4 members (excludes halogenated alkanes) is 18. The van der Waals surface area contributed by atoms with E-state index in [2.05, 4.69) is 19.1 Å². The van der Waals surface area contributed by atoms with Crippen molar-refractivity contribution in [1.82, 2.24) is 0 Å². The number of carbonyl (C=O) groups is 3. The predicted octanol–water partition coefficient (Wildman–Crippen LogP) is 8.61. The Morgan fingerprint density at radius 2 is 0.750 bits per heavy atom. The summed E-state index contributed by atoms with van der Waals surface area (Å²) in [5, 5.41) is 27.4. The molecule has 0 aliphatic heterocycles. The third-order valence-electron chi connectivity index (χ3n) is 8.03. The number of quaternary nitrogens is 1. The summed E-state index contributed by atoms with van der Waals surface area (Å²) in [4.78, 5) is 33.4. The normalized spacial score (nSPS) is 11.8. The molecule has 7 nitrogen and oxygen atoms in total. The van der Waals surface area contributed by atoms with Gasteiger partial charge in [0, 0.05) is 0 Å². The molecule has 3 N–H and O–H groups in total. The number of carboxylic acids is 3. The van der Waals surface area contributed by atoms with Crippen LogP contribution < -0.4 is 0 Å². The highest BCUT2D eigenvalue weighted by atomic mass is 16.4. The number of carboxylic acid groups (broad SMARTS) is 3. The SMILES string of the molecule is CCC/C=C/CCCCCCCCCCCCCCCCCCC[N+](CCC(=O)O)(CCC(=O)O)CCC(=O)O. The molecule has 0 unspecified atom stereocenters. The van der Waals surface area contributed by atoms with Gasteiger partial charge in [0.25, 0.3) is 0 Å². The Morgan fingerprint density at radius 1 is 0.450 bits per heavy atom. The van der Waals surface area contributed by atoms with Crippen molar-refractivity contribution in [2.75, 3.05) is 26.2 Å². The molecule has 0 saturated heterocycles. The van der Waals surface area contributed by atoms with Crippen LogP contribution in [0.5, 0.6) is 0 Å². The minimum Gasteiger partial charge on any atom is -0.481 e. The molecular weight excluding hydrogens is 506 g/mol. The van der Waals surface area contributed by atoms with Crippen LogP contribution in [-0.2, 0) is 14.4 Å². The molecule has 0 radical (unpaired) electrons. The van der Waals surface area contributed by atoms with Crippen LogP contribution in [0.15, 0.2) is 12.2 Å². The number of hydrogen-bond donors (Lipinski definition) is 3. The first-order valence-electron chi connectivity index (χ1n) is 16.5. The van der Waals surface area contributed by atoms with Gasteiger partial charge in [-0.15, -0.1) is 0 Å². The Kier molecular flexibility index (Phi) is 26.0. The van der Waals surface area contributed by atoms with E-state index in [1.807, 2.05) is 0 Å². The van der Waals surface area contributed by atoms with Gasteiger partial charge < -0.3 is 19.8 Å². The van der Waals surface area contributed by atoms with E-state index in [4.69, 9.17) is 15.3 Å². The van der Waals surface area contributed by atoms with Gasteiger partial charge in [0.1, 0.15) is 0 Å². The van der Waals surface area contributed by atoms with Gasteiger partial charge in [-0.25, -0.2) is 0 Å². The monoisotopic (exact) mass is 568 g/mol. The molecule has 0 bridgehead atoms. The highest BCUT2D eigenvalue weighted by Gasteiger charge is 2.29. The molecule has 0 saturated carbocycles. The number of nitrogens with zero attached hydrogens (tertiary/aromatic N) is 1. The van der Waals surface area contributed by atoms with Crippen LogP contribution in [0.25, 0.3) is 0 Å². The van der Waals surface area contributed by atoms with E-state index in [0.29, 0.717) is 6.54 Å². The molecule has 234 valence electrons. The molecule has 0 heterocycles. The minimum absolute atomic E-state index is 0.0727. The van der Waals surface area contributed by atoms with Crippen molar-refractivity contribution in [2.24, 2.45) is 0 Å². The molecule has 0 rings (SSSR count). The van der Waals surface area contributed by atoms with Gasteiger partial charge in [0.05, 0.1) is 45.4 Å². The van der Waals surface area contributed by atoms with Crippen molar-refractivity contribution in [3.63, 3.8) is 0 Å². The van der Waals surface area contributed by atoms with E-state index in [9.17, 15) is 14.4 Å². The van der Waals surface area contributed by atoms with E-state index in [1.54, 1.807) is 0 Å². The summed E-state index contributed by atoms with van der Waals surface area (Å²) in [5.41, 5.74) is 0. The van der Waals surface area contributed by atoms with Crippen molar-refractivity contribution in [3.8, 4) is 0 Å². The average molecular weight is 569 g/mol. The van der Waals surface area contributed by atoms with Crippen LogP contribution in [-0.4, -0.2) is 63.9 Å². The Bertz CT molecular complexity index is 618. The molecule has 0 atom stereocenters. The Hall–Kier alpha value is -1.89. The Morgan fingerprint density at radius 3 is 1.07 bits per heavy atom. The maximum Gasteiger partial charge on any atom is 0.309 e. The summed E-state index contributed by atoms with van der Waals surface area (Å²) in [6.07, 6.45) is 29.9. The highest BCUT2D eigenvalue weighted by Crippen LogP contribution is 2.18. The molecule has 0 spiro atoms. The minimum atomic E-state index is -0.930. The lowest BCUT2D eigenvalue weighted by atomic mass is 10.0. The first-order chi connectivity index (χ1) is 19.3. The lowest BCUT2D eigenvalue weighted by Crippen LogP contribution is -2.52. The van der Waals surface area contributed by atoms with Gasteiger partial charge in [-0.2, -0.15) is 0 Å². The molecule has 0 aromatic carbocycles. The first-order valence-corrected chi connectivity index (χ1v) is 16.5. The molecule has 0 aliphatic carbocycles. The smallest absolute Gasteiger partial charge is 0.309 e. The second-order valence-electron chi connectivity index (χ2n) is 11.7. The number of aliphatic carboxylic acids is 3. The molecule has 0 amide bonds. The van der Waals surface area contributed by atoms with Crippen LogP contribution in [0.3, 0.4) is 0 Å². The largest absolute Gasteiger partial charge is 0.481 e. The summed E-state index contributed by atoms with van der Waals surface area (Å²) < 4.78 is 0.266. The van der Waals surface area contributed by atoms with E-state index < -0.39 is 17.9 Å². The molecular formula is C33H62NO6+. The van der Waals surface area contributed by atoms with E-state index in [0.717, 1.165) is 19.3 Å².